The van der Waals surface area contributed by atoms with Gasteiger partial charge in [-0.05, 0) is 17.6 Å². The molecule has 0 amide bonds. The minimum Gasteiger partial charge on any atom is -0.211 e. The number of isocyanates is 2. The molecule has 0 radical (unpaired) electrons. The lowest BCUT2D eigenvalue weighted by Crippen LogP contribution is -2.22. The topological polar surface area (TPSA) is 58.9 Å². The Hall–Kier alpha value is -1.76. The smallest absolute Gasteiger partial charge is 0.211 e. The highest BCUT2D eigenvalue weighted by molar-refractivity contribution is 5.43. The van der Waals surface area contributed by atoms with Gasteiger partial charge in [0.2, 0.25) is 12.2 Å². The Morgan fingerprint density at radius 3 is 2.27 bits per heavy atom. The van der Waals surface area contributed by atoms with Gasteiger partial charge in [-0.2, -0.15) is 9.98 Å². The number of hydrogen-bond donors (Lipinski definition) is 0. The SMILES string of the molecule is CC(C)C1=CCC(N=C=O)(N=C=O)C=C1. The first-order chi connectivity index (χ1) is 7.13. The molecule has 0 saturated carbocycles. The third kappa shape index (κ3) is 2.59. The molecule has 1 aliphatic rings. The molecule has 0 aromatic heterocycles. The van der Waals surface area contributed by atoms with Crippen molar-refractivity contribution in [3.63, 3.8) is 0 Å². The number of allylic oxidation sites excluding steroid dienone is 2. The van der Waals surface area contributed by atoms with Crippen LogP contribution in [0.1, 0.15) is 20.3 Å². The third-order valence-corrected chi connectivity index (χ3v) is 2.33. The van der Waals surface area contributed by atoms with Crippen molar-refractivity contribution in [3.8, 4) is 0 Å². The predicted octanol–water partition coefficient (Wildman–Crippen LogP) is 1.90. The maximum Gasteiger partial charge on any atom is 0.237 e. The van der Waals surface area contributed by atoms with Gasteiger partial charge >= 0.3 is 0 Å². The highest BCUT2D eigenvalue weighted by Gasteiger charge is 2.27. The van der Waals surface area contributed by atoms with E-state index in [2.05, 4.69) is 23.8 Å². The fourth-order valence-electron chi connectivity index (χ4n) is 1.41. The molecule has 0 aliphatic heterocycles. The van der Waals surface area contributed by atoms with E-state index in [1.807, 2.05) is 12.2 Å². The van der Waals surface area contributed by atoms with E-state index < -0.39 is 5.66 Å². The zero-order chi connectivity index (χ0) is 11.3. The van der Waals surface area contributed by atoms with Crippen LogP contribution in [0.3, 0.4) is 0 Å². The van der Waals surface area contributed by atoms with Crippen LogP contribution in [0.4, 0.5) is 0 Å². The molecule has 0 heterocycles. The molecule has 0 aromatic rings. The van der Waals surface area contributed by atoms with Crippen molar-refractivity contribution >= 4 is 12.2 Å². The van der Waals surface area contributed by atoms with Gasteiger partial charge in [-0.3, -0.25) is 0 Å². The molecule has 0 unspecified atom stereocenters. The monoisotopic (exact) mass is 204 g/mol. The molecule has 1 rings (SSSR count). The Bertz CT molecular complexity index is 377. The normalized spacial score (nSPS) is 24.1. The maximum absolute atomic E-state index is 10.2. The van der Waals surface area contributed by atoms with Crippen molar-refractivity contribution < 1.29 is 9.59 Å². The van der Waals surface area contributed by atoms with E-state index in [4.69, 9.17) is 0 Å². The fourth-order valence-corrected chi connectivity index (χ4v) is 1.41. The Balaban J connectivity index is 2.98. The molecule has 0 aromatic carbocycles. The summed E-state index contributed by atoms with van der Waals surface area (Å²) >= 11 is 0. The minimum absolute atomic E-state index is 0.402. The first-order valence-electron chi connectivity index (χ1n) is 4.71. The van der Waals surface area contributed by atoms with Gasteiger partial charge in [0, 0.05) is 6.42 Å². The number of rotatable bonds is 3. The summed E-state index contributed by atoms with van der Waals surface area (Å²) in [6, 6.07) is 0. The molecule has 1 aliphatic carbocycles. The number of aliphatic imine (C=N–C) groups is 2. The molecule has 0 spiro atoms. The molecule has 0 fully saturated rings. The Morgan fingerprint density at radius 1 is 1.33 bits per heavy atom. The zero-order valence-corrected chi connectivity index (χ0v) is 8.73. The summed E-state index contributed by atoms with van der Waals surface area (Å²) in [7, 11) is 0. The summed E-state index contributed by atoms with van der Waals surface area (Å²) in [5, 5.41) is 0. The average molecular weight is 204 g/mol. The molecule has 4 nitrogen and oxygen atoms in total. The minimum atomic E-state index is -1.11. The van der Waals surface area contributed by atoms with Crippen LogP contribution >= 0.6 is 0 Å². The number of carbonyl (C=O) groups excluding carboxylic acids is 2. The summed E-state index contributed by atoms with van der Waals surface area (Å²) in [5.41, 5.74) is 0.0369. The molecule has 15 heavy (non-hydrogen) atoms. The van der Waals surface area contributed by atoms with E-state index in [0.29, 0.717) is 12.3 Å². The molecule has 0 N–H and O–H groups in total. The van der Waals surface area contributed by atoms with Crippen molar-refractivity contribution in [2.24, 2.45) is 15.9 Å². The summed E-state index contributed by atoms with van der Waals surface area (Å²) in [4.78, 5) is 27.5. The molecular weight excluding hydrogens is 192 g/mol. The largest absolute Gasteiger partial charge is 0.237 e. The van der Waals surface area contributed by atoms with E-state index in [9.17, 15) is 9.59 Å². The van der Waals surface area contributed by atoms with Crippen LogP contribution in [0.5, 0.6) is 0 Å². The maximum atomic E-state index is 10.2. The average Bonchev–Trinajstić information content (AvgIpc) is 2.19. The first-order valence-corrected chi connectivity index (χ1v) is 4.71. The number of nitrogens with zero attached hydrogens (tertiary/aromatic N) is 2. The third-order valence-electron chi connectivity index (χ3n) is 2.33. The van der Waals surface area contributed by atoms with E-state index in [-0.39, 0.29) is 0 Å². The van der Waals surface area contributed by atoms with Gasteiger partial charge in [-0.15, -0.1) is 0 Å². The summed E-state index contributed by atoms with van der Waals surface area (Å²) in [5.74, 6) is 0.402. The van der Waals surface area contributed by atoms with Gasteiger partial charge < -0.3 is 0 Å². The summed E-state index contributed by atoms with van der Waals surface area (Å²) in [6.45, 7) is 4.13. The second-order valence-electron chi connectivity index (χ2n) is 3.68. The Kier molecular flexibility index (Phi) is 3.51. The van der Waals surface area contributed by atoms with Gasteiger partial charge in [0.1, 0.15) is 0 Å². The predicted molar refractivity (Wildman–Crippen MR) is 55.7 cm³/mol. The lowest BCUT2D eigenvalue weighted by molar-refractivity contribution is 0.510. The van der Waals surface area contributed by atoms with Crippen LogP contribution in [-0.4, -0.2) is 17.8 Å². The Morgan fingerprint density at radius 2 is 1.93 bits per heavy atom. The van der Waals surface area contributed by atoms with Gasteiger partial charge in [-0.1, -0.05) is 26.0 Å². The lowest BCUT2D eigenvalue weighted by atomic mass is 9.92. The van der Waals surface area contributed by atoms with Crippen LogP contribution in [0, 0.1) is 5.92 Å². The van der Waals surface area contributed by atoms with Gasteiger partial charge in [-0.25, -0.2) is 9.59 Å². The number of hydrogen-bond acceptors (Lipinski definition) is 4. The zero-order valence-electron chi connectivity index (χ0n) is 8.73. The fraction of sp³-hybridized carbons (Fsp3) is 0.455. The van der Waals surface area contributed by atoms with Crippen molar-refractivity contribution in [1.29, 1.82) is 0 Å². The molecule has 4 heteroatoms. The van der Waals surface area contributed by atoms with Crippen molar-refractivity contribution in [2.75, 3.05) is 0 Å². The van der Waals surface area contributed by atoms with Gasteiger partial charge in [0.25, 0.3) is 0 Å². The highest BCUT2D eigenvalue weighted by atomic mass is 16.1. The van der Waals surface area contributed by atoms with Gasteiger partial charge in [0.05, 0.1) is 0 Å². The van der Waals surface area contributed by atoms with Crippen molar-refractivity contribution in [1.82, 2.24) is 0 Å². The Labute approximate surface area is 88.1 Å². The lowest BCUT2D eigenvalue weighted by Gasteiger charge is -2.21. The van der Waals surface area contributed by atoms with Crippen LogP contribution < -0.4 is 0 Å². The highest BCUT2D eigenvalue weighted by Crippen LogP contribution is 2.28. The van der Waals surface area contributed by atoms with E-state index in [1.165, 1.54) is 12.2 Å². The molecule has 0 saturated heterocycles. The standard InChI is InChI=1S/C11H12N2O2/c1-9(2)10-3-5-11(6-4-10,12-7-14)13-8-15/h3-5,9H,6H2,1-2H3. The molecule has 0 atom stereocenters. The summed E-state index contributed by atoms with van der Waals surface area (Å²) < 4.78 is 0. The van der Waals surface area contributed by atoms with Crippen LogP contribution in [-0.2, 0) is 9.59 Å². The van der Waals surface area contributed by atoms with Crippen LogP contribution in [0.2, 0.25) is 0 Å². The molecule has 0 bridgehead atoms. The molecular formula is C11H12N2O2. The van der Waals surface area contributed by atoms with Crippen molar-refractivity contribution in [3.05, 3.63) is 23.8 Å². The second-order valence-corrected chi connectivity index (χ2v) is 3.68. The van der Waals surface area contributed by atoms with E-state index in [1.54, 1.807) is 6.08 Å². The van der Waals surface area contributed by atoms with E-state index >= 15 is 0 Å². The van der Waals surface area contributed by atoms with Crippen LogP contribution in [0.25, 0.3) is 0 Å². The first kappa shape index (κ1) is 11.3. The summed E-state index contributed by atoms with van der Waals surface area (Å²) in [6.07, 6.45) is 8.65. The van der Waals surface area contributed by atoms with Crippen molar-refractivity contribution in [2.45, 2.75) is 25.9 Å². The van der Waals surface area contributed by atoms with Crippen LogP contribution in [0.15, 0.2) is 33.8 Å². The second kappa shape index (κ2) is 4.65. The van der Waals surface area contributed by atoms with E-state index in [0.717, 1.165) is 5.57 Å². The quantitative estimate of drug-likeness (QED) is 0.520. The molecule has 78 valence electrons. The van der Waals surface area contributed by atoms with Gasteiger partial charge in [0.15, 0.2) is 5.66 Å².